The molecule has 7 heteroatoms. The van der Waals surface area contributed by atoms with E-state index < -0.39 is 6.03 Å². The molecule has 1 aromatic heterocycles. The minimum absolute atomic E-state index is 0.0720. The zero-order valence-electron chi connectivity index (χ0n) is 8.91. The van der Waals surface area contributed by atoms with E-state index in [0.29, 0.717) is 5.75 Å². The van der Waals surface area contributed by atoms with Crippen LogP contribution < -0.4 is 10.5 Å². The van der Waals surface area contributed by atoms with Crippen molar-refractivity contribution in [3.8, 4) is 0 Å². The number of nitrogen functional groups attached to an aromatic ring is 1. The van der Waals surface area contributed by atoms with E-state index in [4.69, 9.17) is 5.73 Å². The van der Waals surface area contributed by atoms with Crippen LogP contribution in [0, 0.1) is 0 Å². The molecule has 0 aliphatic carbocycles. The number of amides is 1. The summed E-state index contributed by atoms with van der Waals surface area (Å²) in [6.45, 7) is 0. The second kappa shape index (κ2) is 5.35. The summed E-state index contributed by atoms with van der Waals surface area (Å²) in [4.78, 5) is 15.2. The standard InChI is InChI=1S/C10H11N5OS/c11-9-12-7-13-15(9)10(16)14-17-6-8-4-2-1-3-5-8/h1-5,7H,6H2,(H,14,16)(H2,11,12,13). The second-order valence-corrected chi connectivity index (χ2v) is 3.99. The smallest absolute Gasteiger partial charge is 0.355 e. The van der Waals surface area contributed by atoms with Crippen molar-refractivity contribution in [1.29, 1.82) is 0 Å². The van der Waals surface area contributed by atoms with Gasteiger partial charge in [0, 0.05) is 5.75 Å². The molecule has 2 aromatic rings. The van der Waals surface area contributed by atoms with Crippen LogP contribution in [0.15, 0.2) is 36.7 Å². The predicted molar refractivity (Wildman–Crippen MR) is 66.1 cm³/mol. The highest BCUT2D eigenvalue weighted by Crippen LogP contribution is 2.08. The minimum Gasteiger partial charge on any atom is -0.368 e. The van der Waals surface area contributed by atoms with Crippen molar-refractivity contribution in [1.82, 2.24) is 19.5 Å². The largest absolute Gasteiger partial charge is 0.368 e. The molecule has 0 saturated heterocycles. The van der Waals surface area contributed by atoms with Crippen molar-refractivity contribution in [2.75, 3.05) is 5.73 Å². The molecular weight excluding hydrogens is 238 g/mol. The molecule has 2 rings (SSSR count). The number of aromatic nitrogens is 3. The van der Waals surface area contributed by atoms with Crippen molar-refractivity contribution in [2.24, 2.45) is 0 Å². The summed E-state index contributed by atoms with van der Waals surface area (Å²) >= 11 is 1.28. The number of nitrogens with zero attached hydrogens (tertiary/aromatic N) is 3. The first-order valence-electron chi connectivity index (χ1n) is 4.89. The summed E-state index contributed by atoms with van der Waals surface area (Å²) in [7, 11) is 0. The quantitative estimate of drug-likeness (QED) is 0.800. The molecule has 0 aliphatic heterocycles. The molecule has 1 aromatic carbocycles. The third kappa shape index (κ3) is 2.97. The number of nitrogens with one attached hydrogen (secondary N) is 1. The van der Waals surface area contributed by atoms with Crippen LogP contribution >= 0.6 is 11.9 Å². The van der Waals surface area contributed by atoms with Gasteiger partial charge in [0.2, 0.25) is 5.95 Å². The molecule has 1 amide bonds. The molecule has 0 aliphatic rings. The van der Waals surface area contributed by atoms with E-state index in [0.717, 1.165) is 10.2 Å². The molecular formula is C10H11N5OS. The maximum absolute atomic E-state index is 11.6. The van der Waals surface area contributed by atoms with Crippen LogP contribution in [0.25, 0.3) is 0 Å². The van der Waals surface area contributed by atoms with Gasteiger partial charge in [0.15, 0.2) is 0 Å². The Labute approximate surface area is 102 Å². The lowest BCUT2D eigenvalue weighted by atomic mass is 10.2. The molecule has 0 radical (unpaired) electrons. The number of hydrogen-bond donors (Lipinski definition) is 2. The molecule has 88 valence electrons. The molecule has 0 fully saturated rings. The van der Waals surface area contributed by atoms with Crippen molar-refractivity contribution < 1.29 is 4.79 Å². The van der Waals surface area contributed by atoms with Gasteiger partial charge in [0.1, 0.15) is 6.33 Å². The molecule has 0 spiro atoms. The van der Waals surface area contributed by atoms with Crippen LogP contribution in [0.3, 0.4) is 0 Å². The van der Waals surface area contributed by atoms with E-state index in [1.165, 1.54) is 18.3 Å². The lowest BCUT2D eigenvalue weighted by Crippen LogP contribution is -2.25. The lowest BCUT2D eigenvalue weighted by molar-refractivity contribution is 0.245. The molecule has 0 bridgehead atoms. The van der Waals surface area contributed by atoms with Gasteiger partial charge >= 0.3 is 6.03 Å². The summed E-state index contributed by atoms with van der Waals surface area (Å²) in [5.74, 6) is 0.754. The first-order chi connectivity index (χ1) is 8.27. The summed E-state index contributed by atoms with van der Waals surface area (Å²) in [6, 6.07) is 9.43. The number of nitrogens with two attached hydrogens (primary N) is 1. The van der Waals surface area contributed by atoms with Gasteiger partial charge in [-0.05, 0) is 17.5 Å². The maximum Gasteiger partial charge on any atom is 0.355 e. The van der Waals surface area contributed by atoms with Crippen LogP contribution in [0.2, 0.25) is 0 Å². The van der Waals surface area contributed by atoms with Gasteiger partial charge in [0.05, 0.1) is 0 Å². The number of anilines is 1. The minimum atomic E-state index is -0.402. The zero-order chi connectivity index (χ0) is 12.1. The van der Waals surface area contributed by atoms with Gasteiger partial charge in [0.25, 0.3) is 0 Å². The Morgan fingerprint density at radius 1 is 1.41 bits per heavy atom. The highest BCUT2D eigenvalue weighted by atomic mass is 32.2. The highest BCUT2D eigenvalue weighted by molar-refractivity contribution is 7.97. The Bertz CT molecular complexity index is 498. The Morgan fingerprint density at radius 3 is 2.82 bits per heavy atom. The monoisotopic (exact) mass is 249 g/mol. The fraction of sp³-hybridized carbons (Fsp3) is 0.100. The number of benzene rings is 1. The third-order valence-corrected chi connectivity index (χ3v) is 2.80. The normalized spacial score (nSPS) is 10.1. The predicted octanol–water partition coefficient (Wildman–Crippen LogP) is 1.27. The SMILES string of the molecule is Nc1ncnn1C(=O)NSCc1ccccc1. The van der Waals surface area contributed by atoms with Gasteiger partial charge in [-0.2, -0.15) is 4.98 Å². The fourth-order valence-electron chi connectivity index (χ4n) is 1.21. The van der Waals surface area contributed by atoms with Gasteiger partial charge in [-0.3, -0.25) is 4.72 Å². The van der Waals surface area contributed by atoms with E-state index >= 15 is 0 Å². The molecule has 0 unspecified atom stereocenters. The van der Waals surface area contributed by atoms with Crippen molar-refractivity contribution in [3.63, 3.8) is 0 Å². The Morgan fingerprint density at radius 2 is 2.18 bits per heavy atom. The Kier molecular flexibility index (Phi) is 3.61. The van der Waals surface area contributed by atoms with Gasteiger partial charge in [-0.1, -0.05) is 30.3 Å². The molecule has 0 saturated carbocycles. The highest BCUT2D eigenvalue weighted by Gasteiger charge is 2.08. The van der Waals surface area contributed by atoms with Gasteiger partial charge in [-0.25, -0.2) is 4.79 Å². The lowest BCUT2D eigenvalue weighted by Gasteiger charge is -2.04. The van der Waals surface area contributed by atoms with E-state index in [9.17, 15) is 4.79 Å². The van der Waals surface area contributed by atoms with Crippen LogP contribution in [0.5, 0.6) is 0 Å². The summed E-state index contributed by atoms with van der Waals surface area (Å²) < 4.78 is 3.64. The average molecular weight is 249 g/mol. The molecule has 0 atom stereocenters. The number of hydrogen-bond acceptors (Lipinski definition) is 5. The van der Waals surface area contributed by atoms with Crippen molar-refractivity contribution in [2.45, 2.75) is 5.75 Å². The summed E-state index contributed by atoms with van der Waals surface area (Å²) in [5, 5.41) is 3.70. The fourth-order valence-corrected chi connectivity index (χ4v) is 1.85. The Balaban J connectivity index is 1.84. The van der Waals surface area contributed by atoms with E-state index in [1.807, 2.05) is 30.3 Å². The number of carbonyl (C=O) groups excluding carboxylic acids is 1. The topological polar surface area (TPSA) is 85.8 Å². The van der Waals surface area contributed by atoms with Gasteiger partial charge < -0.3 is 5.73 Å². The molecule has 17 heavy (non-hydrogen) atoms. The van der Waals surface area contributed by atoms with E-state index in [1.54, 1.807) is 0 Å². The zero-order valence-corrected chi connectivity index (χ0v) is 9.72. The average Bonchev–Trinajstić information content (AvgIpc) is 2.77. The number of carbonyl (C=O) groups is 1. The van der Waals surface area contributed by atoms with E-state index in [2.05, 4.69) is 14.8 Å². The second-order valence-electron chi connectivity index (χ2n) is 3.21. The summed E-state index contributed by atoms with van der Waals surface area (Å²) in [5.41, 5.74) is 6.57. The van der Waals surface area contributed by atoms with Gasteiger partial charge in [-0.15, -0.1) is 9.78 Å². The number of rotatable bonds is 3. The maximum atomic E-state index is 11.6. The molecule has 3 N–H and O–H groups in total. The first kappa shape index (κ1) is 11.5. The van der Waals surface area contributed by atoms with Crippen molar-refractivity contribution in [3.05, 3.63) is 42.2 Å². The Hall–Kier alpha value is -2.02. The molecule has 6 nitrogen and oxygen atoms in total. The van der Waals surface area contributed by atoms with Crippen LogP contribution in [0.4, 0.5) is 10.7 Å². The first-order valence-corrected chi connectivity index (χ1v) is 5.87. The van der Waals surface area contributed by atoms with Crippen molar-refractivity contribution >= 4 is 23.9 Å². The van der Waals surface area contributed by atoms with Crippen LogP contribution in [-0.2, 0) is 5.75 Å². The van der Waals surface area contributed by atoms with Crippen LogP contribution in [-0.4, -0.2) is 20.8 Å². The molecule has 1 heterocycles. The summed E-state index contributed by atoms with van der Waals surface area (Å²) in [6.07, 6.45) is 1.23. The van der Waals surface area contributed by atoms with Crippen LogP contribution in [0.1, 0.15) is 5.56 Å². The van der Waals surface area contributed by atoms with E-state index in [-0.39, 0.29) is 5.95 Å². The third-order valence-electron chi connectivity index (χ3n) is 2.01.